The highest BCUT2D eigenvalue weighted by Gasteiger charge is 2.43. The van der Waals surface area contributed by atoms with Gasteiger partial charge in [-0.3, -0.25) is 19.8 Å². The second kappa shape index (κ2) is 14.0. The highest BCUT2D eigenvalue weighted by Crippen LogP contribution is 2.43. The third kappa shape index (κ3) is 6.11. The first-order valence-corrected chi connectivity index (χ1v) is 17.4. The molecule has 0 unspecified atom stereocenters. The van der Waals surface area contributed by atoms with Crippen molar-refractivity contribution in [3.63, 3.8) is 0 Å². The van der Waals surface area contributed by atoms with Crippen molar-refractivity contribution in [2.75, 3.05) is 40.4 Å². The maximum Gasteiger partial charge on any atom is 0.119 e. The molecule has 6 aliphatic heterocycles. The summed E-state index contributed by atoms with van der Waals surface area (Å²) in [6, 6.07) is 15.9. The molecule has 10 atom stereocenters. The second-order valence-electron chi connectivity index (χ2n) is 13.9. The van der Waals surface area contributed by atoms with Gasteiger partial charge in [-0.25, -0.2) is 0 Å². The van der Waals surface area contributed by atoms with Gasteiger partial charge in [0.1, 0.15) is 11.5 Å². The number of hydrogen-bond acceptors (Lipinski definition) is 8. The number of ether oxygens (including phenoxy) is 2. The first-order valence-electron chi connectivity index (χ1n) is 17.4. The molecule has 2 N–H and O–H groups in total. The summed E-state index contributed by atoms with van der Waals surface area (Å²) < 4.78 is 10.7. The number of piperidine rings is 6. The van der Waals surface area contributed by atoms with E-state index in [2.05, 4.69) is 45.1 Å². The summed E-state index contributed by atoms with van der Waals surface area (Å²) in [6.07, 6.45) is 11.2. The number of hydrogen-bond donors (Lipinski definition) is 2. The molecule has 4 bridgehead atoms. The van der Waals surface area contributed by atoms with Gasteiger partial charge < -0.3 is 19.7 Å². The second-order valence-corrected chi connectivity index (χ2v) is 13.9. The molecular weight excluding hydrogens is 600 g/mol. The van der Waals surface area contributed by atoms with Gasteiger partial charge in [0.15, 0.2) is 0 Å². The number of fused-ring (bicyclic) bond motifs is 8. The maximum absolute atomic E-state index is 11.2. The number of methoxy groups -OCH3 is 2. The van der Waals surface area contributed by atoms with Crippen molar-refractivity contribution in [2.24, 2.45) is 23.7 Å². The van der Waals surface area contributed by atoms with E-state index >= 15 is 0 Å². The van der Waals surface area contributed by atoms with E-state index in [0.717, 1.165) is 83.5 Å². The van der Waals surface area contributed by atoms with Crippen molar-refractivity contribution in [1.29, 1.82) is 0 Å². The van der Waals surface area contributed by atoms with Crippen LogP contribution in [0.1, 0.15) is 49.0 Å². The van der Waals surface area contributed by atoms with Crippen LogP contribution in [0.3, 0.4) is 0 Å². The number of nitrogens with zero attached hydrogens (tertiary/aromatic N) is 4. The predicted molar refractivity (Wildman–Crippen MR) is 190 cm³/mol. The number of aliphatic hydroxyl groups excluding tert-OH is 2. The van der Waals surface area contributed by atoms with E-state index in [9.17, 15) is 10.2 Å². The Hall–Kier alpha value is -3.82. The van der Waals surface area contributed by atoms with Crippen LogP contribution in [-0.4, -0.2) is 82.5 Å². The Labute approximate surface area is 283 Å². The lowest BCUT2D eigenvalue weighted by molar-refractivity contribution is -0.0445. The van der Waals surface area contributed by atoms with E-state index in [0.29, 0.717) is 23.7 Å². The molecule has 0 amide bonds. The number of rotatable bonds is 8. The maximum atomic E-state index is 11.2. The van der Waals surface area contributed by atoms with E-state index in [1.54, 1.807) is 26.6 Å². The van der Waals surface area contributed by atoms with Crippen LogP contribution >= 0.6 is 0 Å². The number of pyridine rings is 2. The van der Waals surface area contributed by atoms with Crippen molar-refractivity contribution < 1.29 is 19.7 Å². The van der Waals surface area contributed by atoms with Gasteiger partial charge >= 0.3 is 0 Å². The molecule has 2 aromatic carbocycles. The Morgan fingerprint density at radius 1 is 0.708 bits per heavy atom. The molecule has 6 aliphatic rings. The van der Waals surface area contributed by atoms with E-state index in [4.69, 9.17) is 9.47 Å². The summed E-state index contributed by atoms with van der Waals surface area (Å²) in [5, 5.41) is 24.3. The molecule has 10 rings (SSSR count). The molecule has 6 fully saturated rings. The van der Waals surface area contributed by atoms with Gasteiger partial charge in [-0.1, -0.05) is 12.2 Å². The van der Waals surface area contributed by atoms with Crippen molar-refractivity contribution in [3.8, 4) is 11.5 Å². The first kappa shape index (κ1) is 32.7. The molecule has 0 spiro atoms. The monoisotopic (exact) mass is 648 g/mol. The Morgan fingerprint density at radius 3 is 1.50 bits per heavy atom. The first-order chi connectivity index (χ1) is 23.4. The topological polar surface area (TPSA) is 91.2 Å². The van der Waals surface area contributed by atoms with Gasteiger partial charge in [0.25, 0.3) is 0 Å². The van der Waals surface area contributed by atoms with Gasteiger partial charge in [0.05, 0.1) is 37.5 Å². The van der Waals surface area contributed by atoms with E-state index in [1.807, 2.05) is 48.5 Å². The zero-order chi connectivity index (χ0) is 33.4. The quantitative estimate of drug-likeness (QED) is 0.214. The molecule has 0 aliphatic carbocycles. The average molecular weight is 649 g/mol. The molecule has 8 heterocycles. The summed E-state index contributed by atoms with van der Waals surface area (Å²) in [6.45, 7) is 12.1. The largest absolute Gasteiger partial charge is 0.497 e. The van der Waals surface area contributed by atoms with Crippen molar-refractivity contribution in [3.05, 3.63) is 97.4 Å². The molecule has 4 aromatic rings. The lowest BCUT2D eigenvalue weighted by atomic mass is 9.73. The van der Waals surface area contributed by atoms with Gasteiger partial charge in [-0.2, -0.15) is 0 Å². The fourth-order valence-corrected chi connectivity index (χ4v) is 8.89. The Balaban J connectivity index is 0.000000152. The van der Waals surface area contributed by atoms with Gasteiger partial charge in [0, 0.05) is 48.3 Å². The highest BCUT2D eigenvalue weighted by atomic mass is 16.5. The van der Waals surface area contributed by atoms with Crippen LogP contribution < -0.4 is 9.47 Å². The molecule has 8 nitrogen and oxygen atoms in total. The zero-order valence-corrected chi connectivity index (χ0v) is 28.1. The summed E-state index contributed by atoms with van der Waals surface area (Å²) in [7, 11) is 3.32. The minimum Gasteiger partial charge on any atom is -0.497 e. The molecule has 48 heavy (non-hydrogen) atoms. The van der Waals surface area contributed by atoms with Gasteiger partial charge in [-0.15, -0.1) is 13.2 Å². The third-order valence-corrected chi connectivity index (χ3v) is 11.6. The van der Waals surface area contributed by atoms with E-state index in [1.165, 1.54) is 12.8 Å². The van der Waals surface area contributed by atoms with Gasteiger partial charge in [0.2, 0.25) is 0 Å². The summed E-state index contributed by atoms with van der Waals surface area (Å²) in [5.74, 6) is 4.01. The summed E-state index contributed by atoms with van der Waals surface area (Å²) in [5.41, 5.74) is 3.69. The van der Waals surface area contributed by atoms with Crippen LogP contribution in [0.2, 0.25) is 0 Å². The predicted octanol–water partition coefficient (Wildman–Crippen LogP) is 6.35. The fraction of sp³-hybridized carbons (Fsp3) is 0.450. The van der Waals surface area contributed by atoms with E-state index < -0.39 is 12.2 Å². The number of aromatic nitrogens is 2. The van der Waals surface area contributed by atoms with Crippen molar-refractivity contribution >= 4 is 21.8 Å². The minimum absolute atomic E-state index is 0.178. The van der Waals surface area contributed by atoms with Crippen molar-refractivity contribution in [1.82, 2.24) is 19.8 Å². The smallest absolute Gasteiger partial charge is 0.119 e. The summed E-state index contributed by atoms with van der Waals surface area (Å²) in [4.78, 5) is 13.7. The van der Waals surface area contributed by atoms with Crippen LogP contribution in [0.25, 0.3) is 21.8 Å². The lowest BCUT2D eigenvalue weighted by Crippen LogP contribution is -2.54. The normalized spacial score (nSPS) is 30.2. The van der Waals surface area contributed by atoms with Crippen molar-refractivity contribution in [2.45, 2.75) is 50.0 Å². The Kier molecular flexibility index (Phi) is 9.52. The van der Waals surface area contributed by atoms with Crippen LogP contribution in [-0.2, 0) is 0 Å². The van der Waals surface area contributed by atoms with Crippen LogP contribution in [0.5, 0.6) is 11.5 Å². The fourth-order valence-electron chi connectivity index (χ4n) is 8.89. The minimum atomic E-state index is -0.504. The van der Waals surface area contributed by atoms with Crippen LogP contribution in [0, 0.1) is 23.7 Å². The number of aliphatic hydroxyl groups is 2. The van der Waals surface area contributed by atoms with Gasteiger partial charge in [-0.05, 0) is 122 Å². The number of benzene rings is 2. The summed E-state index contributed by atoms with van der Waals surface area (Å²) >= 11 is 0. The zero-order valence-electron chi connectivity index (χ0n) is 28.1. The average Bonchev–Trinajstić information content (AvgIpc) is 3.16. The molecule has 6 saturated heterocycles. The molecule has 8 heteroatoms. The molecular formula is C40H48N4O4. The molecule has 2 aromatic heterocycles. The molecule has 0 saturated carbocycles. The van der Waals surface area contributed by atoms with Crippen LogP contribution in [0.15, 0.2) is 86.2 Å². The molecule has 0 radical (unpaired) electrons. The third-order valence-electron chi connectivity index (χ3n) is 11.6. The molecule has 252 valence electrons. The Bertz CT molecular complexity index is 1650. The lowest BCUT2D eigenvalue weighted by Gasteiger charge is -2.50. The standard InChI is InChI=1S/2C20H24N2O2/c2*1-3-13-12-22-9-7-14(13)10-19(22)20(23)16-6-8-21-18-5-4-15(24-2)11-17(16)18/h2*3-6,8,11,13-14,19-20,23H,1,7,9-10,12H2,2H3/t13-,14-,19+,20-;13-,14-,19-,20+/m00/s1. The highest BCUT2D eigenvalue weighted by molar-refractivity contribution is 5.84. The Morgan fingerprint density at radius 2 is 1.15 bits per heavy atom. The van der Waals surface area contributed by atoms with Crippen LogP contribution in [0.4, 0.5) is 0 Å². The SMILES string of the molecule is C=C[C@H]1C[N@]2CC[C@H]1C[C@@H]2[C@@H](O)c1ccnc2ccc(OC)cc12.C=C[C@H]1C[N@]2CC[C@H]1C[C@H]2[C@H](O)c1ccnc2ccc(OC)cc12. The van der Waals surface area contributed by atoms with E-state index in [-0.39, 0.29) is 12.1 Å².